The molecule has 1 aromatic rings. The summed E-state index contributed by atoms with van der Waals surface area (Å²) < 4.78 is 0. The highest BCUT2D eigenvalue weighted by Crippen LogP contribution is 2.18. The van der Waals surface area contributed by atoms with Gasteiger partial charge in [-0.15, -0.1) is 0 Å². The molecular weight excluding hydrogens is 272 g/mol. The molecule has 1 fully saturated rings. The van der Waals surface area contributed by atoms with Gasteiger partial charge in [-0.25, -0.2) is 0 Å². The molecule has 22 heavy (non-hydrogen) atoms. The average Bonchev–Trinajstić information content (AvgIpc) is 2.46. The van der Waals surface area contributed by atoms with Crippen molar-refractivity contribution in [3.63, 3.8) is 0 Å². The number of aryl methyl sites for hydroxylation is 1. The first-order chi connectivity index (χ1) is 10.3. The molecule has 3 nitrogen and oxygen atoms in total. The maximum atomic E-state index is 9.81. The third-order valence-corrected chi connectivity index (χ3v) is 4.79. The molecule has 3 heteroatoms. The fraction of sp³-hybridized carbons (Fsp3) is 0.684. The molecule has 1 aromatic carbocycles. The van der Waals surface area contributed by atoms with Crippen molar-refractivity contribution in [2.45, 2.75) is 57.7 Å². The molecule has 124 valence electrons. The minimum Gasteiger partial charge on any atom is -0.390 e. The van der Waals surface area contributed by atoms with Gasteiger partial charge in [0.15, 0.2) is 0 Å². The van der Waals surface area contributed by atoms with Crippen molar-refractivity contribution < 1.29 is 5.11 Å². The summed E-state index contributed by atoms with van der Waals surface area (Å²) in [5.41, 5.74) is 2.12. The summed E-state index contributed by atoms with van der Waals surface area (Å²) in [5.74, 6) is 0. The lowest BCUT2D eigenvalue weighted by Gasteiger charge is -2.35. The minimum absolute atomic E-state index is 0.576. The minimum atomic E-state index is -0.576. The van der Waals surface area contributed by atoms with E-state index in [2.05, 4.69) is 48.2 Å². The first-order valence-corrected chi connectivity index (χ1v) is 8.52. The van der Waals surface area contributed by atoms with E-state index in [0.29, 0.717) is 6.04 Å². The van der Waals surface area contributed by atoms with E-state index < -0.39 is 5.60 Å². The smallest absolute Gasteiger partial charge is 0.0594 e. The van der Waals surface area contributed by atoms with E-state index in [1.165, 1.54) is 37.1 Å². The Bertz CT molecular complexity index is 441. The average molecular weight is 304 g/mol. The molecule has 0 radical (unpaired) electrons. The van der Waals surface area contributed by atoms with Crippen LogP contribution in [0.5, 0.6) is 0 Å². The normalized spacial score (nSPS) is 18.1. The molecule has 0 bridgehead atoms. The van der Waals surface area contributed by atoms with E-state index in [-0.39, 0.29) is 0 Å². The van der Waals surface area contributed by atoms with Crippen LogP contribution in [0, 0.1) is 0 Å². The Morgan fingerprint density at radius 2 is 1.68 bits per heavy atom. The van der Waals surface area contributed by atoms with Crippen molar-refractivity contribution in [2.75, 3.05) is 27.2 Å². The second-order valence-electron chi connectivity index (χ2n) is 7.58. The summed E-state index contributed by atoms with van der Waals surface area (Å²) in [6.45, 7) is 7.20. The summed E-state index contributed by atoms with van der Waals surface area (Å²) in [5, 5.41) is 9.81. The second-order valence-corrected chi connectivity index (χ2v) is 7.58. The largest absolute Gasteiger partial charge is 0.390 e. The van der Waals surface area contributed by atoms with Gasteiger partial charge in [0.05, 0.1) is 5.60 Å². The van der Waals surface area contributed by atoms with Crippen LogP contribution >= 0.6 is 0 Å². The summed E-state index contributed by atoms with van der Waals surface area (Å²) >= 11 is 0. The quantitative estimate of drug-likeness (QED) is 0.875. The number of benzene rings is 1. The summed E-state index contributed by atoms with van der Waals surface area (Å²) in [4.78, 5) is 4.92. The fourth-order valence-electron chi connectivity index (χ4n) is 3.11. The number of piperidine rings is 1. The molecule has 0 atom stereocenters. The molecule has 1 heterocycles. The standard InChI is InChI=1S/C19H32N2O/c1-19(2,22)12-9-16-5-7-17(8-6-16)15-21(4)18-10-13-20(3)14-11-18/h5-8,18,22H,9-15H2,1-4H3. The maximum absolute atomic E-state index is 9.81. The Balaban J connectivity index is 1.83. The second kappa shape index (κ2) is 7.58. The zero-order valence-corrected chi connectivity index (χ0v) is 14.7. The van der Waals surface area contributed by atoms with Crippen molar-refractivity contribution in [3.05, 3.63) is 35.4 Å². The molecule has 1 saturated heterocycles. The molecular formula is C19H32N2O. The Kier molecular flexibility index (Phi) is 6.01. The van der Waals surface area contributed by atoms with Crippen LogP contribution in [-0.4, -0.2) is 53.7 Å². The van der Waals surface area contributed by atoms with Gasteiger partial charge in [-0.2, -0.15) is 0 Å². The number of hydrogen-bond acceptors (Lipinski definition) is 3. The molecule has 1 N–H and O–H groups in total. The molecule has 0 aliphatic carbocycles. The van der Waals surface area contributed by atoms with Crippen LogP contribution in [0.15, 0.2) is 24.3 Å². The number of hydrogen-bond donors (Lipinski definition) is 1. The van der Waals surface area contributed by atoms with E-state index >= 15 is 0 Å². The van der Waals surface area contributed by atoms with Gasteiger partial charge in [-0.05, 0) is 77.8 Å². The van der Waals surface area contributed by atoms with Crippen molar-refractivity contribution in [2.24, 2.45) is 0 Å². The molecule has 0 amide bonds. The lowest BCUT2D eigenvalue weighted by atomic mass is 9.98. The predicted octanol–water partition coefficient (Wildman–Crippen LogP) is 2.92. The van der Waals surface area contributed by atoms with E-state index in [9.17, 15) is 5.11 Å². The van der Waals surface area contributed by atoms with Crippen LogP contribution in [0.25, 0.3) is 0 Å². The number of likely N-dealkylation sites (tertiary alicyclic amines) is 1. The van der Waals surface area contributed by atoms with Gasteiger partial charge in [-0.3, -0.25) is 4.90 Å². The van der Waals surface area contributed by atoms with Gasteiger partial charge < -0.3 is 10.0 Å². The molecule has 0 aromatic heterocycles. The molecule has 1 aliphatic heterocycles. The zero-order valence-electron chi connectivity index (χ0n) is 14.7. The molecule has 0 saturated carbocycles. The monoisotopic (exact) mass is 304 g/mol. The highest BCUT2D eigenvalue weighted by Gasteiger charge is 2.20. The molecule has 1 aliphatic rings. The van der Waals surface area contributed by atoms with Crippen molar-refractivity contribution in [3.8, 4) is 0 Å². The lowest BCUT2D eigenvalue weighted by Crippen LogP contribution is -2.41. The summed E-state index contributed by atoms with van der Waals surface area (Å²) in [6, 6.07) is 9.62. The fourth-order valence-corrected chi connectivity index (χ4v) is 3.11. The van der Waals surface area contributed by atoms with Crippen molar-refractivity contribution >= 4 is 0 Å². The van der Waals surface area contributed by atoms with Crippen LogP contribution in [0.2, 0.25) is 0 Å². The zero-order chi connectivity index (χ0) is 16.2. The molecule has 2 rings (SSSR count). The Morgan fingerprint density at radius 3 is 2.23 bits per heavy atom. The SMILES string of the molecule is CN1CCC(N(C)Cc2ccc(CCC(C)(C)O)cc2)CC1. The van der Waals surface area contributed by atoms with Crippen LogP contribution < -0.4 is 0 Å². The third-order valence-electron chi connectivity index (χ3n) is 4.79. The van der Waals surface area contributed by atoms with Gasteiger partial charge >= 0.3 is 0 Å². The van der Waals surface area contributed by atoms with Crippen LogP contribution in [0.3, 0.4) is 0 Å². The molecule has 0 unspecified atom stereocenters. The van der Waals surface area contributed by atoms with Crippen LogP contribution in [0.4, 0.5) is 0 Å². The summed E-state index contributed by atoms with van der Waals surface area (Å²) in [6.07, 6.45) is 4.30. The Hall–Kier alpha value is -0.900. The van der Waals surface area contributed by atoms with Gasteiger partial charge in [0, 0.05) is 12.6 Å². The third kappa shape index (κ3) is 5.71. The lowest BCUT2D eigenvalue weighted by molar-refractivity contribution is 0.0714. The van der Waals surface area contributed by atoms with Crippen LogP contribution in [0.1, 0.15) is 44.2 Å². The predicted molar refractivity (Wildman–Crippen MR) is 93.0 cm³/mol. The van der Waals surface area contributed by atoms with Crippen LogP contribution in [-0.2, 0) is 13.0 Å². The van der Waals surface area contributed by atoms with E-state index in [1.807, 2.05) is 13.8 Å². The maximum Gasteiger partial charge on any atom is 0.0594 e. The Labute approximate surface area is 135 Å². The molecule has 0 spiro atoms. The van der Waals surface area contributed by atoms with E-state index in [4.69, 9.17) is 0 Å². The highest BCUT2D eigenvalue weighted by atomic mass is 16.3. The number of nitrogens with zero attached hydrogens (tertiary/aromatic N) is 2. The number of rotatable bonds is 6. The first-order valence-electron chi connectivity index (χ1n) is 8.52. The van der Waals surface area contributed by atoms with Gasteiger partial charge in [0.1, 0.15) is 0 Å². The number of aliphatic hydroxyl groups is 1. The van der Waals surface area contributed by atoms with Gasteiger partial charge in [0.2, 0.25) is 0 Å². The highest BCUT2D eigenvalue weighted by molar-refractivity contribution is 5.22. The van der Waals surface area contributed by atoms with Gasteiger partial charge in [-0.1, -0.05) is 24.3 Å². The summed E-state index contributed by atoms with van der Waals surface area (Å²) in [7, 11) is 4.46. The van der Waals surface area contributed by atoms with Gasteiger partial charge in [0.25, 0.3) is 0 Å². The first kappa shape index (κ1) is 17.5. The van der Waals surface area contributed by atoms with E-state index in [0.717, 1.165) is 19.4 Å². The topological polar surface area (TPSA) is 26.7 Å². The van der Waals surface area contributed by atoms with Crippen molar-refractivity contribution in [1.82, 2.24) is 9.80 Å². The van der Waals surface area contributed by atoms with E-state index in [1.54, 1.807) is 0 Å². The van der Waals surface area contributed by atoms with Crippen molar-refractivity contribution in [1.29, 1.82) is 0 Å². The Morgan fingerprint density at radius 1 is 1.14 bits per heavy atom.